The number of halogens is 2. The predicted molar refractivity (Wildman–Crippen MR) is 121 cm³/mol. The van der Waals surface area contributed by atoms with Gasteiger partial charge >= 0.3 is 0 Å². The van der Waals surface area contributed by atoms with Crippen LogP contribution in [0.3, 0.4) is 0 Å². The number of hydrogen-bond acceptors (Lipinski definition) is 6. The van der Waals surface area contributed by atoms with Gasteiger partial charge in [-0.15, -0.1) is 11.3 Å². The van der Waals surface area contributed by atoms with Crippen molar-refractivity contribution in [2.45, 2.75) is 4.34 Å². The summed E-state index contributed by atoms with van der Waals surface area (Å²) in [6.07, 6.45) is 1.67. The summed E-state index contributed by atoms with van der Waals surface area (Å²) in [6.45, 7) is 2.55. The molecular weight excluding hydrogens is 449 g/mol. The molecule has 0 N–H and O–H groups in total. The van der Waals surface area contributed by atoms with E-state index in [-0.39, 0.29) is 5.91 Å². The Morgan fingerprint density at radius 2 is 2.00 bits per heavy atom. The van der Waals surface area contributed by atoms with E-state index < -0.39 is 0 Å². The molecule has 2 heterocycles. The second kappa shape index (κ2) is 9.45. The van der Waals surface area contributed by atoms with Crippen molar-refractivity contribution in [3.05, 3.63) is 52.0 Å². The molecule has 0 aliphatic carbocycles. The first kappa shape index (κ1) is 20.6. The Kier molecular flexibility index (Phi) is 6.72. The van der Waals surface area contributed by atoms with Gasteiger partial charge in [-0.3, -0.25) is 9.79 Å². The summed E-state index contributed by atoms with van der Waals surface area (Å²) < 4.78 is 7.18. The zero-order valence-electron chi connectivity index (χ0n) is 15.3. The molecule has 1 aliphatic rings. The van der Waals surface area contributed by atoms with Gasteiger partial charge in [-0.05, 0) is 30.3 Å². The number of nitrogens with zero attached hydrogens (tertiary/aromatic N) is 3. The van der Waals surface area contributed by atoms with E-state index in [9.17, 15) is 4.79 Å². The number of thiazole rings is 1. The first-order valence-corrected chi connectivity index (χ1v) is 11.5. The fourth-order valence-corrected chi connectivity index (χ4v) is 5.33. The van der Waals surface area contributed by atoms with Crippen molar-refractivity contribution in [1.29, 1.82) is 0 Å². The van der Waals surface area contributed by atoms with Crippen molar-refractivity contribution in [2.24, 2.45) is 4.99 Å². The number of aromatic nitrogens is 1. The van der Waals surface area contributed by atoms with Crippen LogP contribution < -0.4 is 0 Å². The van der Waals surface area contributed by atoms with Crippen LogP contribution in [0, 0.1) is 0 Å². The maximum atomic E-state index is 12.3. The number of thioether (sulfide) groups is 1. The predicted octanol–water partition coefficient (Wildman–Crippen LogP) is 5.30. The van der Waals surface area contributed by atoms with Crippen molar-refractivity contribution in [3.63, 3.8) is 0 Å². The van der Waals surface area contributed by atoms with Crippen molar-refractivity contribution in [1.82, 2.24) is 9.88 Å². The maximum absolute atomic E-state index is 12.3. The number of amides is 1. The lowest BCUT2D eigenvalue weighted by atomic mass is 10.2. The lowest BCUT2D eigenvalue weighted by Crippen LogP contribution is -2.41. The minimum Gasteiger partial charge on any atom is -0.378 e. The van der Waals surface area contributed by atoms with Gasteiger partial charge in [-0.1, -0.05) is 41.0 Å². The smallest absolute Gasteiger partial charge is 0.233 e. The van der Waals surface area contributed by atoms with Gasteiger partial charge in [0.25, 0.3) is 0 Å². The molecule has 3 aromatic rings. The summed E-state index contributed by atoms with van der Waals surface area (Å²) in [5.41, 5.74) is 2.38. The van der Waals surface area contributed by atoms with Crippen LogP contribution in [-0.4, -0.2) is 54.1 Å². The van der Waals surface area contributed by atoms with Crippen LogP contribution in [0.1, 0.15) is 5.56 Å². The molecule has 9 heteroatoms. The molecule has 1 saturated heterocycles. The third-order valence-corrected chi connectivity index (χ3v) is 7.18. The van der Waals surface area contributed by atoms with E-state index in [1.165, 1.54) is 11.8 Å². The highest BCUT2D eigenvalue weighted by Gasteiger charge is 2.17. The number of fused-ring (bicyclic) bond motifs is 1. The summed E-state index contributed by atoms with van der Waals surface area (Å²) in [7, 11) is 0. The Hall–Kier alpha value is -1.64. The van der Waals surface area contributed by atoms with Crippen LogP contribution in [0.25, 0.3) is 10.2 Å². The highest BCUT2D eigenvalue weighted by atomic mass is 35.5. The average molecular weight is 466 g/mol. The Morgan fingerprint density at radius 1 is 1.24 bits per heavy atom. The SMILES string of the molecule is O=C(CSc1nc2ccc(N=Cc3c(Cl)cccc3Cl)cc2s1)N1CCOCC1. The molecule has 0 unspecified atom stereocenters. The fourth-order valence-electron chi connectivity index (χ4n) is 2.83. The highest BCUT2D eigenvalue weighted by Crippen LogP contribution is 2.32. The molecule has 0 saturated carbocycles. The summed E-state index contributed by atoms with van der Waals surface area (Å²) in [4.78, 5) is 23.3. The second-order valence-electron chi connectivity index (χ2n) is 6.31. The number of carbonyl (C=O) groups excluding carboxylic acids is 1. The molecule has 150 valence electrons. The van der Waals surface area contributed by atoms with Crippen molar-refractivity contribution in [2.75, 3.05) is 32.1 Å². The van der Waals surface area contributed by atoms with E-state index in [2.05, 4.69) is 9.98 Å². The first-order chi connectivity index (χ1) is 14.1. The lowest BCUT2D eigenvalue weighted by Gasteiger charge is -2.26. The number of hydrogen-bond donors (Lipinski definition) is 0. The Bertz CT molecular complexity index is 1040. The summed E-state index contributed by atoms with van der Waals surface area (Å²) >= 11 is 15.4. The van der Waals surface area contributed by atoms with Crippen LogP contribution in [0.2, 0.25) is 10.0 Å². The summed E-state index contributed by atoms with van der Waals surface area (Å²) in [5, 5.41) is 1.12. The molecule has 0 bridgehead atoms. The second-order valence-corrected chi connectivity index (χ2v) is 9.37. The van der Waals surface area contributed by atoms with Crippen molar-refractivity contribution >= 4 is 74.3 Å². The van der Waals surface area contributed by atoms with E-state index in [0.29, 0.717) is 47.7 Å². The first-order valence-electron chi connectivity index (χ1n) is 8.97. The molecule has 1 amide bonds. The van der Waals surface area contributed by atoms with Gasteiger partial charge in [0.15, 0.2) is 4.34 Å². The van der Waals surface area contributed by atoms with Crippen LogP contribution in [0.4, 0.5) is 5.69 Å². The molecule has 0 atom stereocenters. The molecule has 5 nitrogen and oxygen atoms in total. The molecule has 1 aromatic heterocycles. The number of carbonyl (C=O) groups is 1. The molecule has 1 fully saturated rings. The van der Waals surface area contributed by atoms with E-state index in [0.717, 1.165) is 20.2 Å². The minimum absolute atomic E-state index is 0.125. The van der Waals surface area contributed by atoms with Crippen LogP contribution in [-0.2, 0) is 9.53 Å². The van der Waals surface area contributed by atoms with Gasteiger partial charge in [0.1, 0.15) is 0 Å². The van der Waals surface area contributed by atoms with E-state index in [1.807, 2.05) is 23.1 Å². The van der Waals surface area contributed by atoms with Crippen molar-refractivity contribution in [3.8, 4) is 0 Å². The Balaban J connectivity index is 1.45. The molecular formula is C20H17Cl2N3O2S2. The van der Waals surface area contributed by atoms with Gasteiger partial charge in [-0.2, -0.15) is 0 Å². The largest absolute Gasteiger partial charge is 0.378 e. The van der Waals surface area contributed by atoms with Gasteiger partial charge in [-0.25, -0.2) is 4.98 Å². The third kappa shape index (κ3) is 5.10. The van der Waals surface area contributed by atoms with Crippen LogP contribution >= 0.6 is 46.3 Å². The molecule has 1 aliphatic heterocycles. The summed E-state index contributed by atoms with van der Waals surface area (Å²) in [5.74, 6) is 0.509. The van der Waals surface area contributed by atoms with E-state index >= 15 is 0 Å². The van der Waals surface area contributed by atoms with E-state index in [4.69, 9.17) is 27.9 Å². The third-order valence-electron chi connectivity index (χ3n) is 4.38. The van der Waals surface area contributed by atoms with Crippen LogP contribution in [0.5, 0.6) is 0 Å². The number of morpholine rings is 1. The molecule has 29 heavy (non-hydrogen) atoms. The van der Waals surface area contributed by atoms with Gasteiger partial charge in [0.05, 0.1) is 44.9 Å². The number of benzene rings is 2. The number of rotatable bonds is 5. The lowest BCUT2D eigenvalue weighted by molar-refractivity contribution is -0.132. The molecule has 0 spiro atoms. The average Bonchev–Trinajstić information content (AvgIpc) is 3.14. The van der Waals surface area contributed by atoms with E-state index in [1.54, 1.807) is 35.8 Å². The van der Waals surface area contributed by atoms with Crippen molar-refractivity contribution < 1.29 is 9.53 Å². The quantitative estimate of drug-likeness (QED) is 0.378. The zero-order valence-corrected chi connectivity index (χ0v) is 18.5. The normalized spacial score (nSPS) is 14.8. The maximum Gasteiger partial charge on any atom is 0.233 e. The molecule has 4 rings (SSSR count). The topological polar surface area (TPSA) is 54.8 Å². The highest BCUT2D eigenvalue weighted by molar-refractivity contribution is 8.01. The fraction of sp³-hybridized carbons (Fsp3) is 0.250. The molecule has 2 aromatic carbocycles. The van der Waals surface area contributed by atoms with Crippen LogP contribution in [0.15, 0.2) is 45.7 Å². The Labute approximate surface area is 186 Å². The van der Waals surface area contributed by atoms with Gasteiger partial charge < -0.3 is 9.64 Å². The van der Waals surface area contributed by atoms with Gasteiger partial charge in [0, 0.05) is 24.9 Å². The van der Waals surface area contributed by atoms with Gasteiger partial charge in [0.2, 0.25) is 5.91 Å². The minimum atomic E-state index is 0.125. The number of aliphatic imine (C=N–C) groups is 1. The zero-order chi connectivity index (χ0) is 20.2. The number of ether oxygens (including phenoxy) is 1. The molecule has 0 radical (unpaired) electrons. The monoisotopic (exact) mass is 465 g/mol. The Morgan fingerprint density at radius 3 is 2.76 bits per heavy atom. The summed E-state index contributed by atoms with van der Waals surface area (Å²) in [6, 6.07) is 11.2. The standard InChI is InChI=1S/C20H17Cl2N3O2S2/c21-15-2-1-3-16(22)14(15)11-23-13-4-5-17-18(10-13)29-20(24-17)28-12-19(26)25-6-8-27-9-7-25/h1-5,10-11H,6-9,12H2.